The first-order valence-corrected chi connectivity index (χ1v) is 11.2. The molecule has 0 saturated carbocycles. The van der Waals surface area contributed by atoms with Crippen molar-refractivity contribution in [3.05, 3.63) is 59.9 Å². The lowest BCUT2D eigenvalue weighted by Crippen LogP contribution is -2.58. The molecule has 2 aliphatic heterocycles. The number of likely N-dealkylation sites (tertiary alicyclic amines) is 1. The Kier molecular flexibility index (Phi) is 6.40. The molecule has 4 rings (SSSR count). The molecule has 2 aliphatic rings. The summed E-state index contributed by atoms with van der Waals surface area (Å²) in [6, 6.07) is 5.71. The van der Waals surface area contributed by atoms with Gasteiger partial charge in [-0.25, -0.2) is 14.2 Å². The molecular formula is C24H28FN5O3. The van der Waals surface area contributed by atoms with E-state index >= 15 is 0 Å². The molecule has 2 saturated heterocycles. The molecular weight excluding hydrogens is 425 g/mol. The maximum Gasteiger partial charge on any atom is 0.325 e. The smallest absolute Gasteiger partial charge is 0.325 e. The second-order valence-electron chi connectivity index (χ2n) is 9.17. The largest absolute Gasteiger partial charge is 0.337 e. The number of benzene rings is 1. The third-order valence-electron chi connectivity index (χ3n) is 6.38. The van der Waals surface area contributed by atoms with Crippen molar-refractivity contribution < 1.29 is 18.8 Å². The molecule has 1 aromatic heterocycles. The highest BCUT2D eigenvalue weighted by molar-refractivity contribution is 6.07. The van der Waals surface area contributed by atoms with Crippen LogP contribution in [0, 0.1) is 17.7 Å². The molecule has 1 atom stereocenters. The summed E-state index contributed by atoms with van der Waals surface area (Å²) in [6.45, 7) is 5.07. The van der Waals surface area contributed by atoms with E-state index in [-0.39, 0.29) is 41.6 Å². The summed E-state index contributed by atoms with van der Waals surface area (Å²) in [5, 5.41) is 2.98. The Balaban J connectivity index is 1.58. The summed E-state index contributed by atoms with van der Waals surface area (Å²) in [6.07, 6.45) is 5.68. The topological polar surface area (TPSA) is 95.5 Å². The van der Waals surface area contributed by atoms with E-state index in [1.807, 2.05) is 13.8 Å². The third-order valence-corrected chi connectivity index (χ3v) is 6.38. The van der Waals surface area contributed by atoms with Crippen molar-refractivity contribution in [3.8, 4) is 0 Å². The van der Waals surface area contributed by atoms with Crippen molar-refractivity contribution in [1.29, 1.82) is 0 Å². The minimum atomic E-state index is -1.17. The van der Waals surface area contributed by atoms with Gasteiger partial charge in [0.15, 0.2) is 0 Å². The Hall–Kier alpha value is -3.36. The number of nitrogens with one attached hydrogen (secondary N) is 1. The lowest BCUT2D eigenvalue weighted by Gasteiger charge is -2.41. The zero-order chi connectivity index (χ0) is 23.6. The fourth-order valence-electron chi connectivity index (χ4n) is 4.83. The van der Waals surface area contributed by atoms with Crippen molar-refractivity contribution in [2.75, 3.05) is 19.6 Å². The van der Waals surface area contributed by atoms with Crippen molar-refractivity contribution in [2.24, 2.45) is 11.8 Å². The number of carbonyl (C=O) groups excluding carboxylic acids is 3. The Labute approximate surface area is 192 Å². The molecule has 1 unspecified atom stereocenters. The Morgan fingerprint density at radius 3 is 2.64 bits per heavy atom. The summed E-state index contributed by atoms with van der Waals surface area (Å²) in [4.78, 5) is 50.3. The number of halogens is 1. The van der Waals surface area contributed by atoms with E-state index in [0.29, 0.717) is 38.0 Å². The number of aromatic nitrogens is 2. The van der Waals surface area contributed by atoms with Crippen molar-refractivity contribution in [3.63, 3.8) is 0 Å². The molecule has 3 heterocycles. The van der Waals surface area contributed by atoms with E-state index in [9.17, 15) is 18.8 Å². The van der Waals surface area contributed by atoms with Gasteiger partial charge in [0.25, 0.3) is 11.8 Å². The predicted octanol–water partition coefficient (Wildman–Crippen LogP) is 2.66. The number of piperidine rings is 1. The van der Waals surface area contributed by atoms with Crippen LogP contribution in [0.1, 0.15) is 42.7 Å². The van der Waals surface area contributed by atoms with E-state index in [2.05, 4.69) is 15.3 Å². The number of imide groups is 1. The molecule has 0 bridgehead atoms. The molecule has 9 heteroatoms. The zero-order valence-electron chi connectivity index (χ0n) is 18.8. The van der Waals surface area contributed by atoms with E-state index < -0.39 is 11.6 Å². The minimum Gasteiger partial charge on any atom is -0.337 e. The molecule has 2 fully saturated rings. The van der Waals surface area contributed by atoms with Crippen molar-refractivity contribution >= 4 is 17.8 Å². The molecule has 1 aromatic carbocycles. The van der Waals surface area contributed by atoms with Crippen LogP contribution in [0.2, 0.25) is 0 Å². The normalized spacial score (nSPS) is 21.6. The van der Waals surface area contributed by atoms with Gasteiger partial charge in [0, 0.05) is 38.4 Å². The molecule has 4 amide bonds. The number of carbonyl (C=O) groups is 3. The van der Waals surface area contributed by atoms with Crippen LogP contribution in [0.5, 0.6) is 0 Å². The highest BCUT2D eigenvalue weighted by Gasteiger charge is 2.56. The van der Waals surface area contributed by atoms with Crippen molar-refractivity contribution in [1.82, 2.24) is 25.1 Å². The van der Waals surface area contributed by atoms with Gasteiger partial charge in [-0.3, -0.25) is 19.5 Å². The second kappa shape index (κ2) is 9.25. The fourth-order valence-corrected chi connectivity index (χ4v) is 4.83. The van der Waals surface area contributed by atoms with Crippen LogP contribution in [0.15, 0.2) is 42.9 Å². The van der Waals surface area contributed by atoms with Crippen LogP contribution in [-0.2, 0) is 11.2 Å². The predicted molar refractivity (Wildman–Crippen MR) is 119 cm³/mol. The first-order valence-electron chi connectivity index (χ1n) is 11.2. The van der Waals surface area contributed by atoms with Gasteiger partial charge < -0.3 is 10.2 Å². The van der Waals surface area contributed by atoms with E-state index in [1.54, 1.807) is 17.0 Å². The van der Waals surface area contributed by atoms with Crippen LogP contribution in [0.25, 0.3) is 0 Å². The summed E-state index contributed by atoms with van der Waals surface area (Å²) in [5.41, 5.74) is -0.242. The first-order chi connectivity index (χ1) is 15.8. The number of hydrogen-bond acceptors (Lipinski definition) is 5. The molecule has 0 radical (unpaired) electrons. The highest BCUT2D eigenvalue weighted by Crippen LogP contribution is 2.37. The van der Waals surface area contributed by atoms with E-state index in [1.165, 1.54) is 35.6 Å². The maximum atomic E-state index is 13.9. The van der Waals surface area contributed by atoms with Crippen LogP contribution >= 0.6 is 0 Å². The SMILES string of the molecule is CC(C)CN1C(=O)NC(Cc2cccc(F)c2)(C2CCN(C(=O)c3cnccn3)CC2)C1=O. The number of amides is 4. The number of urea groups is 1. The van der Waals surface area contributed by atoms with Gasteiger partial charge >= 0.3 is 6.03 Å². The van der Waals surface area contributed by atoms with Gasteiger partial charge in [0.2, 0.25) is 0 Å². The van der Waals surface area contributed by atoms with Crippen LogP contribution < -0.4 is 5.32 Å². The van der Waals surface area contributed by atoms with Gasteiger partial charge in [-0.05, 0) is 42.4 Å². The minimum absolute atomic E-state index is 0.121. The van der Waals surface area contributed by atoms with Gasteiger partial charge in [0.05, 0.1) is 6.20 Å². The van der Waals surface area contributed by atoms with Crippen molar-refractivity contribution in [2.45, 2.75) is 38.6 Å². The van der Waals surface area contributed by atoms with Gasteiger partial charge in [-0.1, -0.05) is 26.0 Å². The summed E-state index contributed by atoms with van der Waals surface area (Å²) in [5.74, 6) is -0.938. The van der Waals surface area contributed by atoms with Gasteiger partial charge in [-0.15, -0.1) is 0 Å². The summed E-state index contributed by atoms with van der Waals surface area (Å²) in [7, 11) is 0. The zero-order valence-corrected chi connectivity index (χ0v) is 18.8. The maximum absolute atomic E-state index is 13.9. The van der Waals surface area contributed by atoms with Crippen LogP contribution in [-0.4, -0.2) is 62.8 Å². The van der Waals surface area contributed by atoms with E-state index in [4.69, 9.17) is 0 Å². The molecule has 0 aliphatic carbocycles. The third kappa shape index (κ3) is 4.58. The average molecular weight is 454 g/mol. The number of hydrogen-bond donors (Lipinski definition) is 1. The molecule has 1 N–H and O–H groups in total. The molecule has 8 nitrogen and oxygen atoms in total. The monoisotopic (exact) mass is 453 g/mol. The van der Waals surface area contributed by atoms with E-state index in [0.717, 1.165) is 0 Å². The Morgan fingerprint density at radius 1 is 1.24 bits per heavy atom. The van der Waals surface area contributed by atoms with Gasteiger partial charge in [-0.2, -0.15) is 0 Å². The highest BCUT2D eigenvalue weighted by atomic mass is 19.1. The van der Waals surface area contributed by atoms with Gasteiger partial charge in [0.1, 0.15) is 17.1 Å². The van der Waals surface area contributed by atoms with Crippen LogP contribution in [0.4, 0.5) is 9.18 Å². The Morgan fingerprint density at radius 2 is 2.00 bits per heavy atom. The first kappa shape index (κ1) is 22.8. The summed E-state index contributed by atoms with van der Waals surface area (Å²) >= 11 is 0. The molecule has 33 heavy (non-hydrogen) atoms. The lowest BCUT2D eigenvalue weighted by atomic mass is 9.73. The average Bonchev–Trinajstić information content (AvgIpc) is 3.04. The molecule has 2 aromatic rings. The molecule has 0 spiro atoms. The number of rotatable bonds is 6. The Bertz CT molecular complexity index is 1040. The molecule has 174 valence electrons. The number of nitrogens with zero attached hydrogens (tertiary/aromatic N) is 4. The standard InChI is InChI=1S/C24H28FN5O3/c1-16(2)15-30-22(32)24(28-23(30)33,13-17-4-3-5-19(25)12-17)18-6-10-29(11-7-18)21(31)20-14-26-8-9-27-20/h3-5,8-9,12,14,16,18H,6-7,10-11,13,15H2,1-2H3,(H,28,33). The van der Waals surface area contributed by atoms with Crippen LogP contribution in [0.3, 0.4) is 0 Å². The fraction of sp³-hybridized carbons (Fsp3) is 0.458. The lowest BCUT2D eigenvalue weighted by molar-refractivity contribution is -0.134. The quantitative estimate of drug-likeness (QED) is 0.679. The second-order valence-corrected chi connectivity index (χ2v) is 9.17. The summed E-state index contributed by atoms with van der Waals surface area (Å²) < 4.78 is 13.9.